The molecule has 10 heteroatoms. The molecule has 0 saturated carbocycles. The summed E-state index contributed by atoms with van der Waals surface area (Å²) in [4.78, 5) is 19.3. The van der Waals surface area contributed by atoms with Gasteiger partial charge in [-0.25, -0.2) is 4.79 Å². The number of aryl methyl sites for hydroxylation is 2. The zero-order valence-electron chi connectivity index (χ0n) is 16.7. The lowest BCUT2D eigenvalue weighted by atomic mass is 9.89. The van der Waals surface area contributed by atoms with Crippen molar-refractivity contribution in [2.45, 2.75) is 32.2 Å². The van der Waals surface area contributed by atoms with Gasteiger partial charge in [-0.15, -0.1) is 5.10 Å². The third-order valence-corrected chi connectivity index (χ3v) is 6.05. The van der Waals surface area contributed by atoms with E-state index in [9.17, 15) is 4.79 Å². The monoisotopic (exact) mass is 443 g/mol. The first-order chi connectivity index (χ1) is 14.5. The smallest absolute Gasteiger partial charge is 0.320 e. The second kappa shape index (κ2) is 8.93. The van der Waals surface area contributed by atoms with Gasteiger partial charge in [0.2, 0.25) is 0 Å². The highest BCUT2D eigenvalue weighted by Crippen LogP contribution is 2.29. The first-order valence-electron chi connectivity index (χ1n) is 9.65. The van der Waals surface area contributed by atoms with Crippen LogP contribution in [0.5, 0.6) is 0 Å². The Morgan fingerprint density at radius 3 is 2.73 bits per heavy atom. The predicted octanol–water partition coefficient (Wildman–Crippen LogP) is 3.78. The second-order valence-corrected chi connectivity index (χ2v) is 8.55. The quantitative estimate of drug-likeness (QED) is 0.637. The van der Waals surface area contributed by atoms with Gasteiger partial charge in [-0.3, -0.25) is 10.3 Å². The van der Waals surface area contributed by atoms with Crippen molar-refractivity contribution >= 4 is 40.0 Å². The number of halogens is 1. The van der Waals surface area contributed by atoms with E-state index in [-0.39, 0.29) is 18.0 Å². The highest BCUT2D eigenvalue weighted by molar-refractivity contribution is 7.10. The van der Waals surface area contributed by atoms with E-state index in [1.165, 1.54) is 11.5 Å². The van der Waals surface area contributed by atoms with E-state index in [0.717, 1.165) is 40.9 Å². The topological polar surface area (TPSA) is 95.9 Å². The Hall–Kier alpha value is -2.78. The van der Waals surface area contributed by atoms with Crippen LogP contribution in [0.25, 0.3) is 0 Å². The third-order valence-electron chi connectivity index (χ3n) is 5.03. The minimum absolute atomic E-state index is 0.0203. The van der Waals surface area contributed by atoms with Crippen LogP contribution in [0.4, 0.5) is 15.6 Å². The van der Waals surface area contributed by atoms with Crippen LogP contribution in [0, 0.1) is 13.8 Å². The third kappa shape index (κ3) is 4.85. The van der Waals surface area contributed by atoms with Crippen LogP contribution in [0.2, 0.25) is 5.02 Å². The Balaban J connectivity index is 1.52. The Kier molecular flexibility index (Phi) is 6.10. The molecule has 3 aromatic rings. The summed E-state index contributed by atoms with van der Waals surface area (Å²) in [5.74, 6) is 0.802. The summed E-state index contributed by atoms with van der Waals surface area (Å²) in [6, 6.07) is 9.19. The standard InChI is InChI=1S/C20H22ClN7OS/c1-12-3-6-18(26-25-12)28-8-7-17(15(11-28)16-5-4-14(21)10-22-16)23-20(29)24-19-9-13(2)27-30-19/h3-6,9-10,15,17H,7-8,11H2,1-2H3,(H2,23,24,29). The molecule has 1 saturated heterocycles. The molecule has 4 heterocycles. The number of hydrogen-bond donors (Lipinski definition) is 2. The molecule has 1 aliphatic rings. The summed E-state index contributed by atoms with van der Waals surface area (Å²) in [6.45, 7) is 5.23. The minimum atomic E-state index is -0.244. The van der Waals surface area contributed by atoms with E-state index in [0.29, 0.717) is 11.6 Å². The van der Waals surface area contributed by atoms with Gasteiger partial charge in [0.05, 0.1) is 16.4 Å². The number of pyridine rings is 1. The molecule has 2 atom stereocenters. The Labute approximate surface area is 183 Å². The Morgan fingerprint density at radius 1 is 1.20 bits per heavy atom. The lowest BCUT2D eigenvalue weighted by molar-refractivity contribution is 0.243. The van der Waals surface area contributed by atoms with Gasteiger partial charge >= 0.3 is 6.03 Å². The summed E-state index contributed by atoms with van der Waals surface area (Å²) in [5.41, 5.74) is 2.63. The van der Waals surface area contributed by atoms with Gasteiger partial charge in [-0.1, -0.05) is 11.6 Å². The second-order valence-electron chi connectivity index (χ2n) is 7.31. The maximum Gasteiger partial charge on any atom is 0.320 e. The zero-order chi connectivity index (χ0) is 21.1. The van der Waals surface area contributed by atoms with Gasteiger partial charge in [-0.05, 0) is 62.1 Å². The van der Waals surface area contributed by atoms with Gasteiger partial charge in [0.1, 0.15) is 5.00 Å². The molecule has 2 unspecified atom stereocenters. The molecule has 8 nitrogen and oxygen atoms in total. The van der Waals surface area contributed by atoms with Crippen molar-refractivity contribution in [3.63, 3.8) is 0 Å². The molecule has 4 rings (SSSR count). The number of carbonyl (C=O) groups excluding carboxylic acids is 1. The largest absolute Gasteiger partial charge is 0.354 e. The van der Waals surface area contributed by atoms with Crippen molar-refractivity contribution in [1.29, 1.82) is 0 Å². The summed E-state index contributed by atoms with van der Waals surface area (Å²) >= 11 is 7.29. The molecule has 0 aliphatic carbocycles. The van der Waals surface area contributed by atoms with Crippen molar-refractivity contribution in [2.24, 2.45) is 0 Å². The summed E-state index contributed by atoms with van der Waals surface area (Å²) in [6.07, 6.45) is 2.39. The van der Waals surface area contributed by atoms with Gasteiger partial charge < -0.3 is 10.2 Å². The molecule has 3 aromatic heterocycles. The molecule has 156 valence electrons. The molecule has 1 fully saturated rings. The average molecular weight is 444 g/mol. The van der Waals surface area contributed by atoms with E-state index >= 15 is 0 Å². The van der Waals surface area contributed by atoms with Gasteiger partial charge in [0.15, 0.2) is 5.82 Å². The lowest BCUT2D eigenvalue weighted by Gasteiger charge is -2.39. The van der Waals surface area contributed by atoms with Gasteiger partial charge in [-0.2, -0.15) is 9.47 Å². The van der Waals surface area contributed by atoms with Crippen LogP contribution < -0.4 is 15.5 Å². The molecular weight excluding hydrogens is 422 g/mol. The van der Waals surface area contributed by atoms with Crippen molar-refractivity contribution in [3.05, 3.63) is 58.6 Å². The van der Waals surface area contributed by atoms with Crippen LogP contribution in [-0.2, 0) is 0 Å². The Morgan fingerprint density at radius 2 is 2.07 bits per heavy atom. The van der Waals surface area contributed by atoms with E-state index in [1.807, 2.05) is 44.2 Å². The van der Waals surface area contributed by atoms with Crippen molar-refractivity contribution < 1.29 is 4.79 Å². The number of anilines is 2. The fraction of sp³-hybridized carbons (Fsp3) is 0.350. The molecule has 0 bridgehead atoms. The molecule has 0 spiro atoms. The van der Waals surface area contributed by atoms with Crippen molar-refractivity contribution in [2.75, 3.05) is 23.3 Å². The van der Waals surface area contributed by atoms with E-state index in [1.54, 1.807) is 6.20 Å². The number of carbonyl (C=O) groups is 1. The number of aromatic nitrogens is 4. The van der Waals surface area contributed by atoms with Crippen LogP contribution in [0.1, 0.15) is 29.4 Å². The highest BCUT2D eigenvalue weighted by atomic mass is 35.5. The van der Waals surface area contributed by atoms with Crippen molar-refractivity contribution in [3.8, 4) is 0 Å². The summed E-state index contributed by atoms with van der Waals surface area (Å²) < 4.78 is 4.19. The average Bonchev–Trinajstić information content (AvgIpc) is 3.14. The van der Waals surface area contributed by atoms with E-state index in [4.69, 9.17) is 11.6 Å². The van der Waals surface area contributed by atoms with Crippen LogP contribution >= 0.6 is 23.1 Å². The Bertz CT molecular complexity index is 1010. The number of rotatable bonds is 4. The molecular formula is C20H22ClN7OS. The van der Waals surface area contributed by atoms with Gasteiger partial charge in [0, 0.05) is 36.9 Å². The minimum Gasteiger partial charge on any atom is -0.354 e. The molecule has 2 N–H and O–H groups in total. The first-order valence-corrected chi connectivity index (χ1v) is 10.8. The molecule has 2 amide bonds. The fourth-order valence-corrected chi connectivity index (χ4v) is 4.31. The fourth-order valence-electron chi connectivity index (χ4n) is 3.54. The molecule has 30 heavy (non-hydrogen) atoms. The van der Waals surface area contributed by atoms with E-state index < -0.39 is 0 Å². The number of amides is 2. The SMILES string of the molecule is Cc1ccc(N2CCC(NC(=O)Nc3cc(C)ns3)C(c3ccc(Cl)cn3)C2)nn1. The number of urea groups is 1. The van der Waals surface area contributed by atoms with E-state index in [2.05, 4.69) is 35.1 Å². The van der Waals surface area contributed by atoms with Crippen molar-refractivity contribution in [1.82, 2.24) is 24.9 Å². The molecule has 1 aliphatic heterocycles. The molecule has 0 radical (unpaired) electrons. The molecule has 0 aromatic carbocycles. The zero-order valence-corrected chi connectivity index (χ0v) is 18.2. The van der Waals surface area contributed by atoms with Crippen LogP contribution in [0.3, 0.4) is 0 Å². The van der Waals surface area contributed by atoms with Crippen LogP contribution in [-0.4, -0.2) is 44.7 Å². The summed E-state index contributed by atoms with van der Waals surface area (Å²) in [5, 5.41) is 15.8. The van der Waals surface area contributed by atoms with Crippen LogP contribution in [0.15, 0.2) is 36.5 Å². The highest BCUT2D eigenvalue weighted by Gasteiger charge is 2.33. The lowest BCUT2D eigenvalue weighted by Crippen LogP contribution is -2.51. The summed E-state index contributed by atoms with van der Waals surface area (Å²) in [7, 11) is 0. The maximum absolute atomic E-state index is 12.6. The number of piperidine rings is 1. The normalized spacial score (nSPS) is 18.8. The first kappa shape index (κ1) is 20.5. The maximum atomic E-state index is 12.6. The van der Waals surface area contributed by atoms with Gasteiger partial charge in [0.25, 0.3) is 0 Å². The number of hydrogen-bond acceptors (Lipinski definition) is 7. The predicted molar refractivity (Wildman–Crippen MR) is 118 cm³/mol. The number of nitrogens with zero attached hydrogens (tertiary/aromatic N) is 5. The number of nitrogens with one attached hydrogen (secondary N) is 2.